The van der Waals surface area contributed by atoms with Crippen LogP contribution in [0.15, 0.2) is 126 Å². The van der Waals surface area contributed by atoms with Gasteiger partial charge >= 0.3 is 0 Å². The van der Waals surface area contributed by atoms with Gasteiger partial charge in [0.1, 0.15) is 11.2 Å². The van der Waals surface area contributed by atoms with Gasteiger partial charge in [-0.15, -0.1) is 11.3 Å². The summed E-state index contributed by atoms with van der Waals surface area (Å²) in [6.07, 6.45) is 0. The van der Waals surface area contributed by atoms with Crippen LogP contribution in [-0.4, -0.2) is 6.71 Å². The fraction of sp³-hybridized carbons (Fsp3) is 0.191. The molecular formula is C47H41BN2OS. The Morgan fingerprint density at radius 2 is 1.13 bits per heavy atom. The molecule has 6 aromatic carbocycles. The lowest BCUT2D eigenvalue weighted by Gasteiger charge is -2.43. The van der Waals surface area contributed by atoms with E-state index < -0.39 is 0 Å². The molecule has 2 aliphatic rings. The first-order chi connectivity index (χ1) is 25.0. The topological polar surface area (TPSA) is 19.6 Å². The molecule has 4 heterocycles. The predicted octanol–water partition coefficient (Wildman–Crippen LogP) is 11.8. The molecule has 0 saturated heterocycles. The molecule has 0 spiro atoms. The fourth-order valence-electron chi connectivity index (χ4n) is 8.62. The molecule has 10 rings (SSSR count). The van der Waals surface area contributed by atoms with Crippen LogP contribution < -0.4 is 25.5 Å². The number of rotatable bonds is 2. The van der Waals surface area contributed by atoms with E-state index >= 15 is 0 Å². The van der Waals surface area contributed by atoms with Gasteiger partial charge in [-0.2, -0.15) is 0 Å². The predicted molar refractivity (Wildman–Crippen MR) is 225 cm³/mol. The van der Waals surface area contributed by atoms with Crippen molar-refractivity contribution in [3.63, 3.8) is 0 Å². The second-order valence-corrected chi connectivity index (χ2v) is 17.8. The molecule has 0 atom stereocenters. The van der Waals surface area contributed by atoms with Crippen molar-refractivity contribution in [2.75, 3.05) is 9.80 Å². The molecule has 254 valence electrons. The van der Waals surface area contributed by atoms with Crippen LogP contribution in [-0.2, 0) is 10.8 Å². The van der Waals surface area contributed by atoms with E-state index in [-0.39, 0.29) is 17.5 Å². The highest BCUT2D eigenvalue weighted by molar-refractivity contribution is 7.33. The van der Waals surface area contributed by atoms with E-state index in [9.17, 15) is 0 Å². The Bertz CT molecular complexity index is 2720. The molecule has 0 N–H and O–H groups in total. The maximum atomic E-state index is 6.58. The maximum absolute atomic E-state index is 6.58. The van der Waals surface area contributed by atoms with E-state index in [0.717, 1.165) is 22.2 Å². The molecule has 2 aliphatic heterocycles. The van der Waals surface area contributed by atoms with Gasteiger partial charge in [0.15, 0.2) is 0 Å². The number of furan rings is 1. The zero-order valence-electron chi connectivity index (χ0n) is 30.8. The van der Waals surface area contributed by atoms with Gasteiger partial charge in [0, 0.05) is 43.0 Å². The standard InChI is InChI=1S/C47H41BN2OS/c1-28-26-36-42-37(27-28)50(32-22-18-30(19-23-32)47(5,6)7)44-35(24-25-39-41(44)33-12-8-10-14-38(33)51-39)48(42)45-43(34-13-9-11-15-40(34)52-45)49(36)31-20-16-29(17-21-31)46(2,3)4/h8-27H,1-7H3. The summed E-state index contributed by atoms with van der Waals surface area (Å²) in [6, 6.07) is 45.4. The van der Waals surface area contributed by atoms with Crippen LogP contribution in [0.3, 0.4) is 0 Å². The van der Waals surface area contributed by atoms with Crippen LogP contribution in [0.1, 0.15) is 58.2 Å². The Morgan fingerprint density at radius 1 is 0.577 bits per heavy atom. The molecule has 0 unspecified atom stereocenters. The molecule has 0 aliphatic carbocycles. The number of thiophene rings is 1. The van der Waals surface area contributed by atoms with Crippen molar-refractivity contribution in [1.29, 1.82) is 0 Å². The Kier molecular flexibility index (Phi) is 6.59. The molecule has 0 fully saturated rings. The Labute approximate surface area is 310 Å². The van der Waals surface area contributed by atoms with Gasteiger partial charge in [-0.3, -0.25) is 0 Å². The molecule has 0 saturated carbocycles. The number of benzene rings is 6. The zero-order chi connectivity index (χ0) is 35.7. The highest BCUT2D eigenvalue weighted by atomic mass is 32.1. The number of aryl methyl sites for hydroxylation is 1. The van der Waals surface area contributed by atoms with Gasteiger partial charge < -0.3 is 14.2 Å². The monoisotopic (exact) mass is 692 g/mol. The lowest BCUT2D eigenvalue weighted by atomic mass is 9.36. The van der Waals surface area contributed by atoms with E-state index in [4.69, 9.17) is 4.42 Å². The third kappa shape index (κ3) is 4.51. The number of hydrogen-bond acceptors (Lipinski definition) is 4. The fourth-order valence-corrected chi connectivity index (χ4v) is 9.94. The minimum absolute atomic E-state index is 0.0561. The minimum Gasteiger partial charge on any atom is -0.456 e. The van der Waals surface area contributed by atoms with Crippen LogP contribution >= 0.6 is 11.3 Å². The Hall–Kier alpha value is -5.26. The Balaban J connectivity index is 1.33. The highest BCUT2D eigenvalue weighted by Gasteiger charge is 2.46. The first kappa shape index (κ1) is 31.5. The summed E-state index contributed by atoms with van der Waals surface area (Å²) in [4.78, 5) is 5.09. The van der Waals surface area contributed by atoms with E-state index in [1.165, 1.54) is 76.3 Å². The van der Waals surface area contributed by atoms with Crippen molar-refractivity contribution >= 4 is 99.9 Å². The molecule has 3 nitrogen and oxygen atoms in total. The average Bonchev–Trinajstić information content (AvgIpc) is 3.70. The highest BCUT2D eigenvalue weighted by Crippen LogP contribution is 2.50. The number of anilines is 6. The molecule has 52 heavy (non-hydrogen) atoms. The first-order valence-corrected chi connectivity index (χ1v) is 19.2. The summed E-state index contributed by atoms with van der Waals surface area (Å²) in [7, 11) is 0. The van der Waals surface area contributed by atoms with E-state index in [0.29, 0.717) is 0 Å². The second kappa shape index (κ2) is 10.9. The summed E-state index contributed by atoms with van der Waals surface area (Å²) in [5.41, 5.74) is 15.8. The van der Waals surface area contributed by atoms with E-state index in [1.807, 2.05) is 11.3 Å². The molecule has 0 bridgehead atoms. The molecule has 0 amide bonds. The summed E-state index contributed by atoms with van der Waals surface area (Å²) < 4.78 is 9.27. The second-order valence-electron chi connectivity index (χ2n) is 16.7. The van der Waals surface area contributed by atoms with Crippen molar-refractivity contribution in [3.8, 4) is 0 Å². The van der Waals surface area contributed by atoms with Crippen molar-refractivity contribution in [2.45, 2.75) is 59.3 Å². The van der Waals surface area contributed by atoms with Gasteiger partial charge in [-0.05, 0) is 100.0 Å². The number of hydrogen-bond donors (Lipinski definition) is 0. The summed E-state index contributed by atoms with van der Waals surface area (Å²) >= 11 is 1.94. The number of fused-ring (bicyclic) bond motifs is 10. The normalized spacial score (nSPS) is 13.9. The zero-order valence-corrected chi connectivity index (χ0v) is 31.7. The number of nitrogens with zero attached hydrogens (tertiary/aromatic N) is 2. The minimum atomic E-state index is 0.0561. The van der Waals surface area contributed by atoms with E-state index in [2.05, 4.69) is 180 Å². The maximum Gasteiger partial charge on any atom is 0.264 e. The lowest BCUT2D eigenvalue weighted by molar-refractivity contribution is 0.590. The van der Waals surface area contributed by atoms with Crippen LogP contribution in [0.25, 0.3) is 32.0 Å². The van der Waals surface area contributed by atoms with Crippen molar-refractivity contribution in [1.82, 2.24) is 0 Å². The molecule has 0 radical (unpaired) electrons. The SMILES string of the molecule is Cc1cc2c3c(c1)N(c1ccc(C(C)(C)C)cc1)c1c(ccc4oc5ccccc5c14)B3c1sc3ccccc3c1N2c1ccc(C(C)(C)C)cc1. The largest absolute Gasteiger partial charge is 0.456 e. The van der Waals surface area contributed by atoms with Gasteiger partial charge in [0.2, 0.25) is 0 Å². The Morgan fingerprint density at radius 3 is 1.75 bits per heavy atom. The van der Waals surface area contributed by atoms with Crippen LogP contribution in [0.5, 0.6) is 0 Å². The third-order valence-electron chi connectivity index (χ3n) is 11.2. The van der Waals surface area contributed by atoms with Crippen LogP contribution in [0, 0.1) is 6.92 Å². The van der Waals surface area contributed by atoms with Crippen molar-refractivity contribution in [3.05, 3.63) is 138 Å². The quantitative estimate of drug-likeness (QED) is 0.168. The van der Waals surface area contributed by atoms with Crippen molar-refractivity contribution in [2.24, 2.45) is 0 Å². The summed E-state index contributed by atoms with van der Waals surface area (Å²) in [5.74, 6) is 0. The number of para-hydroxylation sites is 1. The smallest absolute Gasteiger partial charge is 0.264 e. The summed E-state index contributed by atoms with van der Waals surface area (Å²) in [6.45, 7) is 16.0. The lowest BCUT2D eigenvalue weighted by Crippen LogP contribution is -2.60. The first-order valence-electron chi connectivity index (χ1n) is 18.4. The molecular weight excluding hydrogens is 651 g/mol. The third-order valence-corrected chi connectivity index (χ3v) is 12.4. The van der Waals surface area contributed by atoms with Gasteiger partial charge in [-0.25, -0.2) is 0 Å². The summed E-state index contributed by atoms with van der Waals surface area (Å²) in [5, 5.41) is 3.62. The molecule has 5 heteroatoms. The van der Waals surface area contributed by atoms with Crippen LogP contribution in [0.2, 0.25) is 0 Å². The van der Waals surface area contributed by atoms with E-state index in [1.54, 1.807) is 0 Å². The van der Waals surface area contributed by atoms with Crippen molar-refractivity contribution < 1.29 is 4.42 Å². The van der Waals surface area contributed by atoms with Gasteiger partial charge in [0.25, 0.3) is 6.71 Å². The van der Waals surface area contributed by atoms with Crippen LogP contribution in [0.4, 0.5) is 34.1 Å². The molecule has 8 aromatic rings. The van der Waals surface area contributed by atoms with Gasteiger partial charge in [0.05, 0.1) is 16.8 Å². The van der Waals surface area contributed by atoms with Gasteiger partial charge in [-0.1, -0.05) is 108 Å². The molecule has 2 aromatic heterocycles. The average molecular weight is 693 g/mol.